The third-order valence-electron chi connectivity index (χ3n) is 11.0. The second kappa shape index (κ2) is 12.4. The minimum absolute atomic E-state index is 0.0607. The molecule has 3 heterocycles. The van der Waals surface area contributed by atoms with Gasteiger partial charge in [-0.3, -0.25) is 14.3 Å². The van der Waals surface area contributed by atoms with E-state index in [1.807, 2.05) is 33.9 Å². The second-order valence-electron chi connectivity index (χ2n) is 17.7. The van der Waals surface area contributed by atoms with Crippen LogP contribution in [0, 0.1) is 6.92 Å². The maximum atomic E-state index is 13.4. The number of H-pyrrole nitrogens is 1. The average Bonchev–Trinajstić information content (AvgIpc) is 3.28. The van der Waals surface area contributed by atoms with Crippen molar-refractivity contribution in [2.45, 2.75) is 154 Å². The molecule has 5 atom stereocenters. The molecule has 1 spiro atoms. The zero-order valence-electron chi connectivity index (χ0n) is 31.3. The molecular weight excluding hydrogens is 675 g/mol. The van der Waals surface area contributed by atoms with E-state index in [0.29, 0.717) is 0 Å². The summed E-state index contributed by atoms with van der Waals surface area (Å²) in [7, 11) is -12.0. The van der Waals surface area contributed by atoms with Crippen molar-refractivity contribution in [3.05, 3.63) is 43.7 Å². The predicted octanol–water partition coefficient (Wildman–Crippen LogP) is 5.44. The van der Waals surface area contributed by atoms with Crippen molar-refractivity contribution in [2.24, 2.45) is 5.73 Å². The number of nitrogens with two attached hydrogens (primary N) is 1. The number of nitrogens with zero attached hydrogens (tertiary/aromatic N) is 1. The number of ether oxygens (including phenoxy) is 1. The molecule has 1 saturated heterocycles. The molecule has 2 aliphatic rings. The SMILES string of the molecule is Cc1cn([C@@H]2O[C@H]([C@@H](CO[Si](C)(C)C(C)(C)C)O[Si](C)(C)C(C)(C)C)C3(OS(=O)(=O)C=C3N)C2O[Si](C)(C)C(C)(C)C)c(=O)[nH]c1=O. The quantitative estimate of drug-likeness (QED) is 0.247. The van der Waals surface area contributed by atoms with Gasteiger partial charge in [0.1, 0.15) is 12.2 Å². The monoisotopic (exact) mass is 733 g/mol. The van der Waals surface area contributed by atoms with Crippen molar-refractivity contribution in [1.29, 1.82) is 0 Å². The van der Waals surface area contributed by atoms with Gasteiger partial charge in [-0.05, 0) is 61.3 Å². The Labute approximate surface area is 284 Å². The molecule has 0 aromatic carbocycles. The fourth-order valence-corrected chi connectivity index (χ4v) is 9.68. The largest absolute Gasteiger partial charge is 0.414 e. The van der Waals surface area contributed by atoms with Crippen LogP contribution in [0.1, 0.15) is 74.1 Å². The minimum atomic E-state index is -4.30. The Kier molecular flexibility index (Phi) is 10.6. The second-order valence-corrected chi connectivity index (χ2v) is 33.4. The van der Waals surface area contributed by atoms with Crippen LogP contribution in [-0.2, 0) is 32.3 Å². The van der Waals surface area contributed by atoms with Gasteiger partial charge in [0.05, 0.1) is 23.8 Å². The van der Waals surface area contributed by atoms with Crippen LogP contribution in [0.5, 0.6) is 0 Å². The molecule has 270 valence electrons. The summed E-state index contributed by atoms with van der Waals surface area (Å²) in [4.78, 5) is 28.2. The first kappa shape index (κ1) is 40.1. The topological polar surface area (TPSA) is 161 Å². The molecule has 0 radical (unpaired) electrons. The van der Waals surface area contributed by atoms with Gasteiger partial charge in [-0.1, -0.05) is 62.3 Å². The standard InChI is InChI=1S/C31H59N3O9SSi3/c1-20-17-34(27(36)33-25(20)35)26-24(42-47(15,16)30(8,9)10)31(22(32)19-44(37,38)43-31)23(40-26)21(41-46(13,14)29(5,6)7)18-39-45(11,12)28(2,3)4/h17,19,21,23-24,26H,18,32H2,1-16H3,(H,33,35,36)/t21-,23-,24?,26-,31?/m1/s1. The van der Waals surface area contributed by atoms with Crippen LogP contribution in [-0.4, -0.2) is 73.4 Å². The van der Waals surface area contributed by atoms with E-state index >= 15 is 0 Å². The van der Waals surface area contributed by atoms with Gasteiger partial charge in [0.15, 0.2) is 36.8 Å². The average molecular weight is 734 g/mol. The van der Waals surface area contributed by atoms with Crippen molar-refractivity contribution in [2.75, 3.05) is 6.61 Å². The van der Waals surface area contributed by atoms with Crippen molar-refractivity contribution >= 4 is 35.1 Å². The number of nitrogens with one attached hydrogen (secondary N) is 1. The van der Waals surface area contributed by atoms with E-state index < -0.39 is 76.5 Å². The molecular formula is C31H59N3O9SSi3. The summed E-state index contributed by atoms with van der Waals surface area (Å²) >= 11 is 0. The van der Waals surface area contributed by atoms with Gasteiger partial charge in [0, 0.05) is 11.8 Å². The van der Waals surface area contributed by atoms with Crippen LogP contribution in [0.15, 0.2) is 26.9 Å². The number of aromatic amines is 1. The zero-order chi connectivity index (χ0) is 36.6. The highest BCUT2D eigenvalue weighted by atomic mass is 32.2. The highest BCUT2D eigenvalue weighted by molar-refractivity contribution is 7.90. The molecule has 1 aromatic heterocycles. The summed E-state index contributed by atoms with van der Waals surface area (Å²) in [5.41, 5.74) is 3.67. The Hall–Kier alpha value is -1.38. The third-order valence-corrected chi connectivity index (χ3v) is 25.5. The van der Waals surface area contributed by atoms with Gasteiger partial charge in [-0.15, -0.1) is 0 Å². The summed E-state index contributed by atoms with van der Waals surface area (Å²) in [6.45, 7) is 33.0. The van der Waals surface area contributed by atoms with E-state index in [4.69, 9.17) is 27.9 Å². The lowest BCUT2D eigenvalue weighted by Crippen LogP contribution is -2.62. The predicted molar refractivity (Wildman–Crippen MR) is 192 cm³/mol. The van der Waals surface area contributed by atoms with E-state index in [2.05, 4.69) is 72.7 Å². The molecule has 0 bridgehead atoms. The van der Waals surface area contributed by atoms with Crippen LogP contribution in [0.25, 0.3) is 0 Å². The summed E-state index contributed by atoms with van der Waals surface area (Å²) in [5.74, 6) is 0. The number of rotatable bonds is 9. The Bertz CT molecular complexity index is 1600. The molecule has 16 heteroatoms. The first-order chi connectivity index (χ1) is 20.8. The Morgan fingerprint density at radius 1 is 0.936 bits per heavy atom. The molecule has 1 aromatic rings. The molecule has 1 fully saturated rings. The highest BCUT2D eigenvalue weighted by Crippen LogP contribution is 2.53. The van der Waals surface area contributed by atoms with E-state index in [1.165, 1.54) is 10.8 Å². The smallest absolute Gasteiger partial charge is 0.330 e. The molecule has 0 amide bonds. The van der Waals surface area contributed by atoms with Crippen LogP contribution >= 0.6 is 0 Å². The summed E-state index contributed by atoms with van der Waals surface area (Å²) < 4.78 is 61.6. The summed E-state index contributed by atoms with van der Waals surface area (Å²) in [6, 6.07) is 0. The van der Waals surface area contributed by atoms with E-state index in [0.717, 1.165) is 5.41 Å². The lowest BCUT2D eigenvalue weighted by molar-refractivity contribution is -0.101. The Morgan fingerprint density at radius 3 is 1.89 bits per heavy atom. The van der Waals surface area contributed by atoms with Gasteiger partial charge < -0.3 is 23.7 Å². The van der Waals surface area contributed by atoms with Gasteiger partial charge in [-0.2, -0.15) is 8.42 Å². The van der Waals surface area contributed by atoms with E-state index in [-0.39, 0.29) is 33.0 Å². The highest BCUT2D eigenvalue weighted by Gasteiger charge is 2.69. The first-order valence-electron chi connectivity index (χ1n) is 16.2. The van der Waals surface area contributed by atoms with Crippen molar-refractivity contribution < 1.29 is 30.6 Å². The molecule has 47 heavy (non-hydrogen) atoms. The zero-order valence-corrected chi connectivity index (χ0v) is 35.1. The lowest BCUT2D eigenvalue weighted by atomic mass is 9.86. The minimum Gasteiger partial charge on any atom is -0.414 e. The number of aryl methyl sites for hydroxylation is 1. The fraction of sp³-hybridized carbons (Fsp3) is 0.806. The van der Waals surface area contributed by atoms with E-state index in [9.17, 15) is 18.0 Å². The fourth-order valence-electron chi connectivity index (χ4n) is 4.87. The molecule has 3 N–H and O–H groups in total. The van der Waals surface area contributed by atoms with Crippen LogP contribution in [0.4, 0.5) is 0 Å². The molecule has 12 nitrogen and oxygen atoms in total. The third kappa shape index (κ3) is 7.70. The molecule has 0 saturated carbocycles. The normalized spacial score (nSPS) is 26.6. The van der Waals surface area contributed by atoms with Crippen LogP contribution in [0.3, 0.4) is 0 Å². The molecule has 3 rings (SSSR count). The summed E-state index contributed by atoms with van der Waals surface area (Å²) in [6.07, 6.45) is -3.13. The molecule has 0 aliphatic carbocycles. The molecule has 2 aliphatic heterocycles. The van der Waals surface area contributed by atoms with Crippen molar-refractivity contribution in [3.8, 4) is 0 Å². The molecule has 2 unspecified atom stereocenters. The first-order valence-corrected chi connectivity index (χ1v) is 26.4. The number of aromatic nitrogens is 2. The maximum Gasteiger partial charge on any atom is 0.330 e. The Balaban J connectivity index is 2.39. The van der Waals surface area contributed by atoms with E-state index in [1.54, 1.807) is 6.92 Å². The van der Waals surface area contributed by atoms with Gasteiger partial charge in [0.25, 0.3) is 15.7 Å². The van der Waals surface area contributed by atoms with Gasteiger partial charge in [-0.25, -0.2) is 8.98 Å². The number of hydrogen-bond donors (Lipinski definition) is 2. The lowest BCUT2D eigenvalue weighted by Gasteiger charge is -2.46. The van der Waals surface area contributed by atoms with Crippen LogP contribution in [0.2, 0.25) is 54.4 Å². The van der Waals surface area contributed by atoms with Crippen molar-refractivity contribution in [1.82, 2.24) is 9.55 Å². The van der Waals surface area contributed by atoms with Crippen molar-refractivity contribution in [3.63, 3.8) is 0 Å². The van der Waals surface area contributed by atoms with Gasteiger partial charge in [0.2, 0.25) is 0 Å². The maximum absolute atomic E-state index is 13.4. The number of hydrogen-bond acceptors (Lipinski definition) is 10. The van der Waals surface area contributed by atoms with Crippen LogP contribution < -0.4 is 17.0 Å². The Morgan fingerprint density at radius 2 is 1.45 bits per heavy atom. The van der Waals surface area contributed by atoms with Gasteiger partial charge >= 0.3 is 5.69 Å². The summed E-state index contributed by atoms with van der Waals surface area (Å²) in [5, 5.41) is 0.196.